The van der Waals surface area contributed by atoms with Crippen molar-refractivity contribution in [3.8, 4) is 0 Å². The Morgan fingerprint density at radius 1 is 1.00 bits per heavy atom. The van der Waals surface area contributed by atoms with Gasteiger partial charge >= 0.3 is 0 Å². The first kappa shape index (κ1) is 21.7. The minimum absolute atomic E-state index is 0.273. The van der Waals surface area contributed by atoms with E-state index in [2.05, 4.69) is 79.3 Å². The van der Waals surface area contributed by atoms with E-state index in [1.165, 1.54) is 11.1 Å². The summed E-state index contributed by atoms with van der Waals surface area (Å²) in [4.78, 5) is 6.79. The number of hydrogen-bond acceptors (Lipinski definition) is 4. The Morgan fingerprint density at radius 3 is 2.26 bits per heavy atom. The van der Waals surface area contributed by atoms with Gasteiger partial charge in [-0.25, -0.2) is 0 Å². The number of benzene rings is 1. The van der Waals surface area contributed by atoms with Crippen LogP contribution in [-0.4, -0.2) is 44.9 Å². The summed E-state index contributed by atoms with van der Waals surface area (Å²) in [5, 5.41) is 16.6. The number of hydrogen-bond donors (Lipinski definition) is 1. The third-order valence-electron chi connectivity index (χ3n) is 6.78. The summed E-state index contributed by atoms with van der Waals surface area (Å²) in [6.45, 7) is 8.26. The van der Waals surface area contributed by atoms with Crippen LogP contribution in [0.3, 0.4) is 0 Å². The molecule has 0 bridgehead atoms. The zero-order valence-electron chi connectivity index (χ0n) is 19.3. The van der Waals surface area contributed by atoms with Crippen LogP contribution in [0, 0.1) is 5.41 Å². The predicted octanol–water partition coefficient (Wildman–Crippen LogP) is 3.91. The van der Waals surface area contributed by atoms with Crippen molar-refractivity contribution in [2.45, 2.75) is 45.1 Å². The highest BCUT2D eigenvalue weighted by atomic mass is 16.3. The van der Waals surface area contributed by atoms with Gasteiger partial charge in [0.2, 0.25) is 0 Å². The summed E-state index contributed by atoms with van der Waals surface area (Å²) < 4.78 is 1.83. The van der Waals surface area contributed by atoms with Gasteiger partial charge in [0, 0.05) is 49.7 Å². The predicted molar refractivity (Wildman–Crippen MR) is 124 cm³/mol. The van der Waals surface area contributed by atoms with Crippen molar-refractivity contribution >= 4 is 0 Å². The molecule has 2 aromatic heterocycles. The van der Waals surface area contributed by atoms with E-state index >= 15 is 0 Å². The summed E-state index contributed by atoms with van der Waals surface area (Å²) in [5.74, 6) is 0.463. The normalized spacial score (nSPS) is 18.0. The molecule has 5 nitrogen and oxygen atoms in total. The Labute approximate surface area is 185 Å². The van der Waals surface area contributed by atoms with Gasteiger partial charge in [0.15, 0.2) is 0 Å². The van der Waals surface area contributed by atoms with Crippen LogP contribution in [0.1, 0.15) is 54.5 Å². The molecule has 0 aliphatic carbocycles. The lowest BCUT2D eigenvalue weighted by atomic mass is 9.62. The smallest absolute Gasteiger partial charge is 0.124 e. The van der Waals surface area contributed by atoms with Crippen molar-refractivity contribution in [2.75, 3.05) is 20.1 Å². The third-order valence-corrected chi connectivity index (χ3v) is 6.78. The maximum atomic E-state index is 12.3. The first-order valence-electron chi connectivity index (χ1n) is 11.1. The Balaban J connectivity index is 1.68. The van der Waals surface area contributed by atoms with Gasteiger partial charge < -0.3 is 10.0 Å². The maximum Gasteiger partial charge on any atom is 0.124 e. The SMILES string of the molecule is CC(C)c1ccc(C(O)(c2cncc(CCc3cnn(C)c3)c2)C2(C)CN(C)C2)cc1. The van der Waals surface area contributed by atoms with E-state index in [9.17, 15) is 5.11 Å². The molecular weight excluding hydrogens is 384 g/mol. The Morgan fingerprint density at radius 2 is 1.68 bits per heavy atom. The van der Waals surface area contributed by atoms with Gasteiger partial charge in [-0.2, -0.15) is 5.10 Å². The number of aryl methyl sites for hydroxylation is 3. The van der Waals surface area contributed by atoms with Gasteiger partial charge in [0.1, 0.15) is 5.60 Å². The van der Waals surface area contributed by atoms with Crippen molar-refractivity contribution in [3.63, 3.8) is 0 Å². The number of rotatable bonds is 7. The van der Waals surface area contributed by atoms with Crippen LogP contribution < -0.4 is 0 Å². The van der Waals surface area contributed by atoms with E-state index in [1.54, 1.807) is 0 Å². The average Bonchev–Trinajstić information content (AvgIpc) is 3.16. The number of aromatic nitrogens is 3. The van der Waals surface area contributed by atoms with Gasteiger partial charge in [-0.3, -0.25) is 9.67 Å². The second-order valence-electron chi connectivity index (χ2n) is 9.82. The Hall–Kier alpha value is -2.50. The van der Waals surface area contributed by atoms with Gasteiger partial charge in [-0.05, 0) is 54.1 Å². The zero-order valence-corrected chi connectivity index (χ0v) is 19.3. The largest absolute Gasteiger partial charge is 0.380 e. The first-order chi connectivity index (χ1) is 14.7. The van der Waals surface area contributed by atoms with Gasteiger partial charge in [0.25, 0.3) is 0 Å². The molecule has 31 heavy (non-hydrogen) atoms. The molecule has 4 rings (SSSR count). The average molecular weight is 419 g/mol. The fraction of sp³-hybridized carbons (Fsp3) is 0.462. The lowest BCUT2D eigenvalue weighted by Crippen LogP contribution is -2.63. The zero-order chi connectivity index (χ0) is 22.2. The molecule has 1 unspecified atom stereocenters. The topological polar surface area (TPSA) is 54.2 Å². The molecule has 3 aromatic rings. The molecular formula is C26H34N4O. The number of nitrogens with zero attached hydrogens (tertiary/aromatic N) is 4. The van der Waals surface area contributed by atoms with E-state index in [4.69, 9.17) is 0 Å². The molecule has 3 heterocycles. The second kappa shape index (κ2) is 8.21. The number of pyridine rings is 1. The highest BCUT2D eigenvalue weighted by molar-refractivity contribution is 5.42. The van der Waals surface area contributed by atoms with Gasteiger partial charge in [0.05, 0.1) is 6.20 Å². The first-order valence-corrected chi connectivity index (χ1v) is 11.1. The molecule has 1 aliphatic rings. The van der Waals surface area contributed by atoms with E-state index in [-0.39, 0.29) is 5.41 Å². The van der Waals surface area contributed by atoms with Gasteiger partial charge in [-0.15, -0.1) is 0 Å². The third kappa shape index (κ3) is 4.04. The van der Waals surface area contributed by atoms with E-state index in [0.717, 1.165) is 42.6 Å². The van der Waals surface area contributed by atoms with Crippen molar-refractivity contribution in [2.24, 2.45) is 12.5 Å². The highest BCUT2D eigenvalue weighted by Gasteiger charge is 2.55. The van der Waals surface area contributed by atoms with Crippen LogP contribution in [-0.2, 0) is 25.5 Å². The van der Waals surface area contributed by atoms with Crippen LogP contribution in [0.2, 0.25) is 0 Å². The lowest BCUT2D eigenvalue weighted by Gasteiger charge is -2.56. The molecule has 5 heteroatoms. The Bertz CT molecular complexity index is 1030. The molecule has 1 saturated heterocycles. The van der Waals surface area contributed by atoms with E-state index in [1.807, 2.05) is 30.3 Å². The van der Waals surface area contributed by atoms with Crippen LogP contribution in [0.25, 0.3) is 0 Å². The molecule has 0 radical (unpaired) electrons. The fourth-order valence-corrected chi connectivity index (χ4v) is 5.06. The lowest BCUT2D eigenvalue weighted by molar-refractivity contribution is -0.127. The van der Waals surface area contributed by atoms with E-state index < -0.39 is 5.60 Å². The quantitative estimate of drug-likeness (QED) is 0.632. The van der Waals surface area contributed by atoms with E-state index in [0.29, 0.717) is 5.92 Å². The monoisotopic (exact) mass is 418 g/mol. The molecule has 0 saturated carbocycles. The fourth-order valence-electron chi connectivity index (χ4n) is 5.06. The summed E-state index contributed by atoms with van der Waals surface area (Å²) in [5.41, 5.74) is 4.08. The Kier molecular flexibility index (Phi) is 5.75. The van der Waals surface area contributed by atoms with Crippen LogP contribution in [0.4, 0.5) is 0 Å². The number of likely N-dealkylation sites (tertiary alicyclic amines) is 1. The van der Waals surface area contributed by atoms with Crippen LogP contribution >= 0.6 is 0 Å². The van der Waals surface area contributed by atoms with Crippen LogP contribution in [0.5, 0.6) is 0 Å². The van der Waals surface area contributed by atoms with Crippen molar-refractivity contribution < 1.29 is 5.11 Å². The molecule has 0 amide bonds. The van der Waals surface area contributed by atoms with Crippen molar-refractivity contribution in [1.82, 2.24) is 19.7 Å². The highest BCUT2D eigenvalue weighted by Crippen LogP contribution is 2.50. The molecule has 1 fully saturated rings. The standard InChI is InChI=1S/C26H34N4O/c1-19(2)22-8-10-23(11-9-22)26(31,25(3)17-29(4)18-25)24-12-20(13-27-15-24)6-7-21-14-28-30(5)16-21/h8-16,19,31H,6-7,17-18H2,1-5H3. The van der Waals surface area contributed by atoms with Gasteiger partial charge in [-0.1, -0.05) is 45.0 Å². The number of aliphatic hydroxyl groups is 1. The minimum atomic E-state index is -1.09. The second-order valence-corrected chi connectivity index (χ2v) is 9.82. The van der Waals surface area contributed by atoms with Crippen molar-refractivity contribution in [1.29, 1.82) is 0 Å². The molecule has 1 aliphatic heterocycles. The molecule has 1 aromatic carbocycles. The molecule has 0 spiro atoms. The summed E-state index contributed by atoms with van der Waals surface area (Å²) in [6.07, 6.45) is 9.49. The summed E-state index contributed by atoms with van der Waals surface area (Å²) in [6, 6.07) is 10.6. The summed E-state index contributed by atoms with van der Waals surface area (Å²) in [7, 11) is 4.04. The molecule has 1 N–H and O–H groups in total. The summed E-state index contributed by atoms with van der Waals surface area (Å²) >= 11 is 0. The molecule has 164 valence electrons. The maximum absolute atomic E-state index is 12.3. The van der Waals surface area contributed by atoms with Crippen LogP contribution in [0.15, 0.2) is 55.1 Å². The minimum Gasteiger partial charge on any atom is -0.380 e. The van der Waals surface area contributed by atoms with Crippen molar-refractivity contribution in [3.05, 3.63) is 82.9 Å². The molecule has 1 atom stereocenters.